The third kappa shape index (κ3) is 5.36. The molecule has 30 heavy (non-hydrogen) atoms. The summed E-state index contributed by atoms with van der Waals surface area (Å²) in [5.41, 5.74) is 3.65. The van der Waals surface area contributed by atoms with Crippen molar-refractivity contribution in [3.63, 3.8) is 0 Å². The fourth-order valence-corrected chi connectivity index (χ4v) is 3.54. The van der Waals surface area contributed by atoms with Crippen molar-refractivity contribution in [2.24, 2.45) is 0 Å². The number of rotatable bonds is 6. The number of ether oxygens (including phenoxy) is 1. The van der Waals surface area contributed by atoms with Crippen molar-refractivity contribution in [1.82, 2.24) is 9.80 Å². The van der Waals surface area contributed by atoms with E-state index in [4.69, 9.17) is 4.74 Å². The maximum atomic E-state index is 13.8. The Labute approximate surface area is 176 Å². The lowest BCUT2D eigenvalue weighted by Crippen LogP contribution is -2.50. The number of carbonyl (C=O) groups is 2. The first-order valence-electron chi connectivity index (χ1n) is 10.1. The zero-order valence-corrected chi connectivity index (χ0v) is 17.7. The number of halogens is 1. The van der Waals surface area contributed by atoms with Crippen LogP contribution < -0.4 is 10.1 Å². The highest BCUT2D eigenvalue weighted by Gasteiger charge is 2.23. The largest absolute Gasteiger partial charge is 0.494 e. The van der Waals surface area contributed by atoms with E-state index in [1.807, 2.05) is 36.9 Å². The molecule has 1 heterocycles. The molecule has 0 spiro atoms. The van der Waals surface area contributed by atoms with Crippen LogP contribution in [0.4, 0.5) is 10.1 Å². The van der Waals surface area contributed by atoms with E-state index in [0.29, 0.717) is 38.3 Å². The molecule has 2 amide bonds. The van der Waals surface area contributed by atoms with Gasteiger partial charge in [0.25, 0.3) is 0 Å². The van der Waals surface area contributed by atoms with Crippen molar-refractivity contribution in [3.8, 4) is 5.75 Å². The predicted octanol–water partition coefficient (Wildman–Crippen LogP) is 2.78. The molecule has 7 heteroatoms. The average molecular weight is 413 g/mol. The molecule has 1 saturated heterocycles. The molecule has 6 nitrogen and oxygen atoms in total. The van der Waals surface area contributed by atoms with E-state index < -0.39 is 5.82 Å². The van der Waals surface area contributed by atoms with Crippen LogP contribution in [0.1, 0.15) is 16.7 Å². The van der Waals surface area contributed by atoms with Crippen LogP contribution in [0.5, 0.6) is 5.75 Å². The van der Waals surface area contributed by atoms with E-state index in [1.165, 1.54) is 19.2 Å². The van der Waals surface area contributed by atoms with Gasteiger partial charge in [-0.3, -0.25) is 14.5 Å². The maximum absolute atomic E-state index is 13.8. The van der Waals surface area contributed by atoms with Crippen LogP contribution in [0, 0.1) is 19.7 Å². The number of carbonyl (C=O) groups excluding carboxylic acids is 2. The van der Waals surface area contributed by atoms with E-state index in [9.17, 15) is 14.0 Å². The van der Waals surface area contributed by atoms with Crippen molar-refractivity contribution in [2.45, 2.75) is 20.3 Å². The molecule has 2 aromatic carbocycles. The number of amides is 2. The number of aryl methyl sites for hydroxylation is 1. The molecular weight excluding hydrogens is 385 g/mol. The Balaban J connectivity index is 1.47. The number of nitrogens with one attached hydrogen (secondary N) is 1. The van der Waals surface area contributed by atoms with Gasteiger partial charge < -0.3 is 15.0 Å². The minimum atomic E-state index is -0.470. The second kappa shape index (κ2) is 9.71. The van der Waals surface area contributed by atoms with Gasteiger partial charge >= 0.3 is 0 Å². The summed E-state index contributed by atoms with van der Waals surface area (Å²) in [6.45, 7) is 6.65. The Morgan fingerprint density at radius 1 is 1.10 bits per heavy atom. The number of hydrogen-bond acceptors (Lipinski definition) is 4. The van der Waals surface area contributed by atoms with Gasteiger partial charge in [0.1, 0.15) is 0 Å². The van der Waals surface area contributed by atoms with Gasteiger partial charge in [-0.05, 0) is 48.7 Å². The molecule has 0 atom stereocenters. The molecule has 160 valence electrons. The van der Waals surface area contributed by atoms with Crippen molar-refractivity contribution in [2.75, 3.05) is 45.2 Å². The SMILES string of the molecule is COc1ccc(CC(=O)N2CCN(CC(=O)Nc3cccc(C)c3C)CC2)cc1F. The van der Waals surface area contributed by atoms with Crippen molar-refractivity contribution in [3.05, 3.63) is 58.9 Å². The molecule has 0 aliphatic carbocycles. The molecule has 0 unspecified atom stereocenters. The topological polar surface area (TPSA) is 61.9 Å². The second-order valence-corrected chi connectivity index (χ2v) is 7.60. The molecule has 0 saturated carbocycles. The molecule has 1 aliphatic rings. The van der Waals surface area contributed by atoms with Crippen molar-refractivity contribution >= 4 is 17.5 Å². The minimum absolute atomic E-state index is 0.0425. The highest BCUT2D eigenvalue weighted by atomic mass is 19.1. The summed E-state index contributed by atoms with van der Waals surface area (Å²) >= 11 is 0. The number of piperazine rings is 1. The van der Waals surface area contributed by atoms with Crippen LogP contribution in [0.25, 0.3) is 0 Å². The summed E-state index contributed by atoms with van der Waals surface area (Å²) in [4.78, 5) is 28.8. The maximum Gasteiger partial charge on any atom is 0.238 e. The van der Waals surface area contributed by atoms with E-state index >= 15 is 0 Å². The fourth-order valence-electron chi connectivity index (χ4n) is 3.54. The third-order valence-corrected chi connectivity index (χ3v) is 5.54. The second-order valence-electron chi connectivity index (χ2n) is 7.60. The van der Waals surface area contributed by atoms with Crippen LogP contribution >= 0.6 is 0 Å². The lowest BCUT2D eigenvalue weighted by molar-refractivity contribution is -0.132. The molecule has 1 N–H and O–H groups in total. The first-order valence-corrected chi connectivity index (χ1v) is 10.1. The zero-order chi connectivity index (χ0) is 21.7. The standard InChI is InChI=1S/C23H28FN3O3/c1-16-5-4-6-20(17(16)2)25-22(28)15-26-9-11-27(12-10-26)23(29)14-18-7-8-21(30-3)19(24)13-18/h4-8,13H,9-12,14-15H2,1-3H3,(H,25,28). The Morgan fingerprint density at radius 2 is 1.83 bits per heavy atom. The normalized spacial score (nSPS) is 14.5. The molecule has 0 aromatic heterocycles. The van der Waals surface area contributed by atoms with Crippen LogP contribution in [-0.2, 0) is 16.0 Å². The summed E-state index contributed by atoms with van der Waals surface area (Å²) in [7, 11) is 1.41. The van der Waals surface area contributed by atoms with Crippen LogP contribution in [0.3, 0.4) is 0 Å². The van der Waals surface area contributed by atoms with Gasteiger partial charge in [0.05, 0.1) is 20.1 Å². The lowest BCUT2D eigenvalue weighted by Gasteiger charge is -2.34. The molecule has 1 aliphatic heterocycles. The molecule has 0 bridgehead atoms. The molecule has 2 aromatic rings. The monoisotopic (exact) mass is 413 g/mol. The van der Waals surface area contributed by atoms with Gasteiger partial charge in [0.2, 0.25) is 11.8 Å². The predicted molar refractivity (Wildman–Crippen MR) is 114 cm³/mol. The number of hydrogen-bond donors (Lipinski definition) is 1. The summed E-state index contributed by atoms with van der Waals surface area (Å²) in [6.07, 6.45) is 0.147. The third-order valence-electron chi connectivity index (χ3n) is 5.54. The molecular formula is C23H28FN3O3. The number of nitrogens with zero attached hydrogens (tertiary/aromatic N) is 2. The van der Waals surface area contributed by atoms with E-state index in [2.05, 4.69) is 5.32 Å². The molecule has 0 radical (unpaired) electrons. The van der Waals surface area contributed by atoms with Gasteiger partial charge in [-0.2, -0.15) is 0 Å². The smallest absolute Gasteiger partial charge is 0.238 e. The number of anilines is 1. The highest BCUT2D eigenvalue weighted by Crippen LogP contribution is 2.19. The average Bonchev–Trinajstić information content (AvgIpc) is 2.72. The van der Waals surface area contributed by atoms with Gasteiger partial charge in [0.15, 0.2) is 11.6 Å². The zero-order valence-electron chi connectivity index (χ0n) is 17.7. The first-order chi connectivity index (χ1) is 14.4. The van der Waals surface area contributed by atoms with Gasteiger partial charge in [0, 0.05) is 31.9 Å². The lowest BCUT2D eigenvalue weighted by atomic mass is 10.1. The van der Waals surface area contributed by atoms with Gasteiger partial charge in [-0.25, -0.2) is 4.39 Å². The van der Waals surface area contributed by atoms with Gasteiger partial charge in [-0.1, -0.05) is 18.2 Å². The van der Waals surface area contributed by atoms with E-state index in [1.54, 1.807) is 11.0 Å². The van der Waals surface area contributed by atoms with Crippen LogP contribution in [-0.4, -0.2) is 61.4 Å². The van der Waals surface area contributed by atoms with Gasteiger partial charge in [-0.15, -0.1) is 0 Å². The van der Waals surface area contributed by atoms with Crippen molar-refractivity contribution < 1.29 is 18.7 Å². The first kappa shape index (κ1) is 21.8. The quantitative estimate of drug-likeness (QED) is 0.791. The minimum Gasteiger partial charge on any atom is -0.494 e. The summed E-state index contributed by atoms with van der Waals surface area (Å²) in [6, 6.07) is 10.4. The highest BCUT2D eigenvalue weighted by molar-refractivity contribution is 5.93. The number of methoxy groups -OCH3 is 1. The summed E-state index contributed by atoms with van der Waals surface area (Å²) < 4.78 is 18.7. The van der Waals surface area contributed by atoms with E-state index in [-0.39, 0.29) is 24.0 Å². The Morgan fingerprint density at radius 3 is 2.50 bits per heavy atom. The Bertz CT molecular complexity index is 924. The summed E-state index contributed by atoms with van der Waals surface area (Å²) in [5, 5.41) is 2.97. The molecule has 3 rings (SSSR count). The Hall–Kier alpha value is -2.93. The van der Waals surface area contributed by atoms with Crippen LogP contribution in [0.2, 0.25) is 0 Å². The molecule has 1 fully saturated rings. The van der Waals surface area contributed by atoms with Crippen LogP contribution in [0.15, 0.2) is 36.4 Å². The number of benzene rings is 2. The Kier molecular flexibility index (Phi) is 7.05. The fraction of sp³-hybridized carbons (Fsp3) is 0.391. The van der Waals surface area contributed by atoms with E-state index in [0.717, 1.165) is 16.8 Å². The van der Waals surface area contributed by atoms with Crippen molar-refractivity contribution in [1.29, 1.82) is 0 Å². The summed E-state index contributed by atoms with van der Waals surface area (Å²) in [5.74, 6) is -0.405.